The number of hydrogen-bond acceptors (Lipinski definition) is 3. The van der Waals surface area contributed by atoms with Crippen LogP contribution in [0.15, 0.2) is 115 Å². The van der Waals surface area contributed by atoms with Crippen LogP contribution in [0.4, 0.5) is 5.82 Å². The molecule has 1 N–H and O–H groups in total. The molecule has 0 aliphatic rings. The van der Waals surface area contributed by atoms with Gasteiger partial charge in [0.1, 0.15) is 12.4 Å². The zero-order chi connectivity index (χ0) is 30.4. The van der Waals surface area contributed by atoms with Crippen molar-refractivity contribution >= 4 is 29.2 Å². The molecule has 7 heteroatoms. The summed E-state index contributed by atoms with van der Waals surface area (Å²) in [6.07, 6.45) is 0.619. The average Bonchev–Trinajstić information content (AvgIpc) is 3.44. The molecule has 0 aliphatic heterocycles. The van der Waals surface area contributed by atoms with Crippen molar-refractivity contribution in [1.82, 2.24) is 14.7 Å². The molecule has 0 radical (unpaired) electrons. The molecule has 6 nitrogen and oxygen atoms in total. The normalized spacial score (nSPS) is 11.3. The van der Waals surface area contributed by atoms with Crippen molar-refractivity contribution in [2.24, 2.45) is 0 Å². The number of amides is 2. The predicted octanol–water partition coefficient (Wildman–Crippen LogP) is 7.81. The van der Waals surface area contributed by atoms with Gasteiger partial charge in [0.05, 0.1) is 16.4 Å². The summed E-state index contributed by atoms with van der Waals surface area (Å²) < 4.78 is 1.65. The van der Waals surface area contributed by atoms with Gasteiger partial charge in [-0.1, -0.05) is 117 Å². The summed E-state index contributed by atoms with van der Waals surface area (Å²) >= 11 is 6.51. The van der Waals surface area contributed by atoms with E-state index < -0.39 is 0 Å². The first kappa shape index (κ1) is 29.8. The van der Waals surface area contributed by atoms with Crippen molar-refractivity contribution in [3.63, 3.8) is 0 Å². The molecule has 2 amide bonds. The number of anilines is 1. The highest BCUT2D eigenvalue weighted by atomic mass is 35.5. The van der Waals surface area contributed by atoms with Crippen molar-refractivity contribution in [3.05, 3.63) is 137 Å². The number of benzene rings is 4. The van der Waals surface area contributed by atoms with Gasteiger partial charge in [0, 0.05) is 23.6 Å². The maximum Gasteiger partial charge on any atom is 0.254 e. The van der Waals surface area contributed by atoms with Crippen LogP contribution in [-0.2, 0) is 16.6 Å². The molecule has 0 fully saturated rings. The van der Waals surface area contributed by atoms with Crippen LogP contribution in [0.25, 0.3) is 16.8 Å². The van der Waals surface area contributed by atoms with Crippen molar-refractivity contribution in [2.75, 3.05) is 18.4 Å². The second kappa shape index (κ2) is 13.1. The fourth-order valence-corrected chi connectivity index (χ4v) is 4.99. The highest BCUT2D eigenvalue weighted by molar-refractivity contribution is 6.32. The lowest BCUT2D eigenvalue weighted by atomic mass is 9.92. The van der Waals surface area contributed by atoms with Crippen LogP contribution < -0.4 is 5.32 Å². The van der Waals surface area contributed by atoms with E-state index in [0.29, 0.717) is 35.1 Å². The number of nitrogens with zero attached hydrogens (tertiary/aromatic N) is 3. The Kier molecular flexibility index (Phi) is 9.07. The average molecular weight is 591 g/mol. The van der Waals surface area contributed by atoms with E-state index in [-0.39, 0.29) is 23.8 Å². The molecule has 0 unspecified atom stereocenters. The molecule has 0 bridgehead atoms. The Morgan fingerprint density at radius 3 is 2.07 bits per heavy atom. The first-order chi connectivity index (χ1) is 20.7. The molecule has 0 saturated carbocycles. The summed E-state index contributed by atoms with van der Waals surface area (Å²) in [7, 11) is 0. The Labute approximate surface area is 257 Å². The second-order valence-electron chi connectivity index (χ2n) is 11.5. The maximum atomic E-state index is 13.8. The van der Waals surface area contributed by atoms with Crippen LogP contribution in [-0.4, -0.2) is 39.6 Å². The summed E-state index contributed by atoms with van der Waals surface area (Å²) in [4.78, 5) is 28.9. The standard InChI is InChI=1S/C36H35ClN4O2/c1-36(2,3)32-24-33(41(39-32)31-17-11-10-16-30(31)37)38-34(42)25-40(23-22-26-12-6-4-7-13-26)35(43)29-20-18-28(19-21-29)27-14-8-5-9-15-27/h4-21,24H,22-23,25H2,1-3H3,(H,38,42). The zero-order valence-electron chi connectivity index (χ0n) is 24.6. The molecule has 1 aromatic heterocycles. The lowest BCUT2D eigenvalue weighted by molar-refractivity contribution is -0.116. The first-order valence-corrected chi connectivity index (χ1v) is 14.7. The molecule has 4 aromatic carbocycles. The molecule has 0 saturated heterocycles. The first-order valence-electron chi connectivity index (χ1n) is 14.3. The minimum atomic E-state index is -0.323. The van der Waals surface area contributed by atoms with E-state index in [1.54, 1.807) is 15.6 Å². The van der Waals surface area contributed by atoms with Gasteiger partial charge >= 0.3 is 0 Å². The Morgan fingerprint density at radius 2 is 1.42 bits per heavy atom. The van der Waals surface area contributed by atoms with Crippen LogP contribution >= 0.6 is 11.6 Å². The Morgan fingerprint density at radius 1 is 0.814 bits per heavy atom. The summed E-state index contributed by atoms with van der Waals surface area (Å²) in [5, 5.41) is 8.29. The third-order valence-electron chi connectivity index (χ3n) is 7.20. The van der Waals surface area contributed by atoms with Gasteiger partial charge in [-0.2, -0.15) is 5.10 Å². The van der Waals surface area contributed by atoms with Crippen molar-refractivity contribution in [3.8, 4) is 16.8 Å². The zero-order valence-corrected chi connectivity index (χ0v) is 25.4. The van der Waals surface area contributed by atoms with Crippen molar-refractivity contribution < 1.29 is 9.59 Å². The molecule has 0 spiro atoms. The van der Waals surface area contributed by atoms with E-state index in [4.69, 9.17) is 16.7 Å². The van der Waals surface area contributed by atoms with E-state index in [9.17, 15) is 9.59 Å². The second-order valence-corrected chi connectivity index (χ2v) is 11.9. The highest BCUT2D eigenvalue weighted by Crippen LogP contribution is 2.29. The number of halogens is 1. The molecule has 1 heterocycles. The maximum absolute atomic E-state index is 13.8. The van der Waals surface area contributed by atoms with Gasteiger partial charge in [-0.05, 0) is 47.4 Å². The fourth-order valence-electron chi connectivity index (χ4n) is 4.78. The molecular formula is C36H35ClN4O2. The Bertz CT molecular complexity index is 1690. The summed E-state index contributed by atoms with van der Waals surface area (Å²) in [6, 6.07) is 36.7. The Hall–Kier alpha value is -4.68. The minimum Gasteiger partial charge on any atom is -0.329 e. The fraction of sp³-hybridized carbons (Fsp3) is 0.194. The quantitative estimate of drug-likeness (QED) is 0.190. The van der Waals surface area contributed by atoms with E-state index in [2.05, 4.69) is 26.1 Å². The lowest BCUT2D eigenvalue weighted by Gasteiger charge is -2.23. The number of rotatable bonds is 9. The van der Waals surface area contributed by atoms with Gasteiger partial charge in [0.25, 0.3) is 5.91 Å². The summed E-state index contributed by atoms with van der Waals surface area (Å²) in [5.74, 6) is -0.0395. The number of para-hydroxylation sites is 1. The monoisotopic (exact) mass is 590 g/mol. The van der Waals surface area contributed by atoms with Crippen molar-refractivity contribution in [2.45, 2.75) is 32.6 Å². The Balaban J connectivity index is 1.39. The van der Waals surface area contributed by atoms with Crippen molar-refractivity contribution in [1.29, 1.82) is 0 Å². The number of nitrogens with one attached hydrogen (secondary N) is 1. The van der Waals surface area contributed by atoms with Gasteiger partial charge < -0.3 is 10.2 Å². The molecule has 43 heavy (non-hydrogen) atoms. The topological polar surface area (TPSA) is 67.2 Å². The van der Waals surface area contributed by atoms with Gasteiger partial charge in [-0.25, -0.2) is 4.68 Å². The van der Waals surface area contributed by atoms with Crippen LogP contribution in [0.2, 0.25) is 5.02 Å². The molecule has 0 atom stereocenters. The predicted molar refractivity (Wildman–Crippen MR) is 174 cm³/mol. The van der Waals surface area contributed by atoms with Gasteiger partial charge in [0.2, 0.25) is 5.91 Å². The van der Waals surface area contributed by atoms with Crippen LogP contribution in [0.1, 0.15) is 42.4 Å². The lowest BCUT2D eigenvalue weighted by Crippen LogP contribution is -2.39. The van der Waals surface area contributed by atoms with Gasteiger partial charge in [-0.3, -0.25) is 9.59 Å². The number of hydrogen-bond donors (Lipinski definition) is 1. The van der Waals surface area contributed by atoms with E-state index >= 15 is 0 Å². The number of carbonyl (C=O) groups is 2. The SMILES string of the molecule is CC(C)(C)c1cc(NC(=O)CN(CCc2ccccc2)C(=O)c2ccc(-c3ccccc3)cc2)n(-c2ccccc2Cl)n1. The number of aromatic nitrogens is 2. The molecule has 0 aliphatic carbocycles. The highest BCUT2D eigenvalue weighted by Gasteiger charge is 2.24. The van der Waals surface area contributed by atoms with Crippen LogP contribution in [0, 0.1) is 0 Å². The largest absolute Gasteiger partial charge is 0.329 e. The van der Waals surface area contributed by atoms with E-state index in [1.165, 1.54) is 0 Å². The van der Waals surface area contributed by atoms with Crippen LogP contribution in [0.3, 0.4) is 0 Å². The molecule has 5 rings (SSSR count). The number of carbonyl (C=O) groups excluding carboxylic acids is 2. The molecule has 218 valence electrons. The van der Waals surface area contributed by atoms with Gasteiger partial charge in [0.15, 0.2) is 0 Å². The van der Waals surface area contributed by atoms with Crippen LogP contribution in [0.5, 0.6) is 0 Å². The van der Waals surface area contributed by atoms with E-state index in [1.807, 2.05) is 109 Å². The molecular weight excluding hydrogens is 556 g/mol. The third kappa shape index (κ3) is 7.40. The third-order valence-corrected chi connectivity index (χ3v) is 7.52. The molecule has 5 aromatic rings. The minimum absolute atomic E-state index is 0.120. The van der Waals surface area contributed by atoms with E-state index in [0.717, 1.165) is 22.4 Å². The summed E-state index contributed by atoms with van der Waals surface area (Å²) in [6.45, 7) is 6.44. The smallest absolute Gasteiger partial charge is 0.254 e. The van der Waals surface area contributed by atoms with Gasteiger partial charge in [-0.15, -0.1) is 0 Å². The summed E-state index contributed by atoms with van der Waals surface area (Å²) in [5.41, 5.74) is 4.92.